The van der Waals surface area contributed by atoms with Crippen LogP contribution in [0.3, 0.4) is 0 Å². The molecule has 114 valence electrons. The number of hydrogen-bond donors (Lipinski definition) is 1. The predicted octanol–water partition coefficient (Wildman–Crippen LogP) is 2.81. The van der Waals surface area contributed by atoms with Crippen LogP contribution in [-0.4, -0.2) is 22.1 Å². The molecule has 0 aliphatic heterocycles. The van der Waals surface area contributed by atoms with Gasteiger partial charge in [-0.1, -0.05) is 26.0 Å². The number of nitrogens with one attached hydrogen (secondary N) is 1. The zero-order valence-electron chi connectivity index (χ0n) is 13.2. The third kappa shape index (κ3) is 4.39. The molecule has 21 heavy (non-hydrogen) atoms. The second-order valence-electron chi connectivity index (χ2n) is 6.09. The molecule has 2 rings (SSSR count). The minimum atomic E-state index is 0.0391. The van der Waals surface area contributed by atoms with Crippen LogP contribution in [0.15, 0.2) is 35.4 Å². The number of fused-ring (bicyclic) bond motifs is 1. The lowest BCUT2D eigenvalue weighted by Gasteiger charge is -2.15. The van der Waals surface area contributed by atoms with Crippen molar-refractivity contribution in [1.82, 2.24) is 14.9 Å². The third-order valence-electron chi connectivity index (χ3n) is 3.75. The van der Waals surface area contributed by atoms with Gasteiger partial charge in [0.05, 0.1) is 17.2 Å². The smallest absolute Gasteiger partial charge is 0.261 e. The van der Waals surface area contributed by atoms with Crippen molar-refractivity contribution < 1.29 is 0 Å². The van der Waals surface area contributed by atoms with Crippen LogP contribution in [0.1, 0.15) is 33.6 Å². The highest BCUT2D eigenvalue weighted by Crippen LogP contribution is 2.06. The molecule has 0 bridgehead atoms. The minimum absolute atomic E-state index is 0.0391. The number of benzene rings is 1. The van der Waals surface area contributed by atoms with Gasteiger partial charge in [-0.05, 0) is 37.8 Å². The van der Waals surface area contributed by atoms with E-state index in [1.54, 1.807) is 10.9 Å². The molecule has 0 fully saturated rings. The summed E-state index contributed by atoms with van der Waals surface area (Å²) in [6.45, 7) is 8.13. The van der Waals surface area contributed by atoms with Crippen molar-refractivity contribution in [1.29, 1.82) is 0 Å². The largest absolute Gasteiger partial charge is 0.312 e. The first kappa shape index (κ1) is 15.7. The number of para-hydroxylation sites is 1. The van der Waals surface area contributed by atoms with Crippen molar-refractivity contribution in [3.8, 4) is 0 Å². The molecule has 1 aromatic carbocycles. The van der Waals surface area contributed by atoms with Gasteiger partial charge in [0.25, 0.3) is 5.56 Å². The van der Waals surface area contributed by atoms with Crippen molar-refractivity contribution in [3.63, 3.8) is 0 Å². The van der Waals surface area contributed by atoms with Crippen LogP contribution >= 0.6 is 0 Å². The minimum Gasteiger partial charge on any atom is -0.312 e. The van der Waals surface area contributed by atoms with E-state index in [9.17, 15) is 4.79 Å². The summed E-state index contributed by atoms with van der Waals surface area (Å²) in [7, 11) is 0. The normalized spacial score (nSPS) is 13.0. The van der Waals surface area contributed by atoms with Crippen LogP contribution in [0.4, 0.5) is 0 Å². The molecule has 0 aliphatic carbocycles. The maximum Gasteiger partial charge on any atom is 0.261 e. The average molecular weight is 287 g/mol. The maximum atomic E-state index is 12.3. The first-order valence-corrected chi connectivity index (χ1v) is 7.75. The Bertz CT molecular complexity index is 633. The summed E-state index contributed by atoms with van der Waals surface area (Å²) in [6.07, 6.45) is 4.04. The number of aromatic nitrogens is 2. The Balaban J connectivity index is 1.92. The monoisotopic (exact) mass is 287 g/mol. The van der Waals surface area contributed by atoms with E-state index < -0.39 is 0 Å². The van der Waals surface area contributed by atoms with Gasteiger partial charge in [0.1, 0.15) is 0 Å². The van der Waals surface area contributed by atoms with Crippen LogP contribution in [0.5, 0.6) is 0 Å². The molecule has 0 saturated carbocycles. The van der Waals surface area contributed by atoms with Crippen LogP contribution in [0, 0.1) is 5.92 Å². The topological polar surface area (TPSA) is 46.9 Å². The number of rotatable bonds is 7. The summed E-state index contributed by atoms with van der Waals surface area (Å²) in [5, 5.41) is 4.16. The molecule has 0 saturated heterocycles. The van der Waals surface area contributed by atoms with Gasteiger partial charge in [-0.25, -0.2) is 4.98 Å². The Hall–Kier alpha value is -1.68. The fourth-order valence-corrected chi connectivity index (χ4v) is 2.38. The van der Waals surface area contributed by atoms with E-state index >= 15 is 0 Å². The quantitative estimate of drug-likeness (QED) is 0.852. The van der Waals surface area contributed by atoms with Gasteiger partial charge in [0, 0.05) is 19.1 Å². The maximum absolute atomic E-state index is 12.3. The van der Waals surface area contributed by atoms with Crippen LogP contribution in [0.2, 0.25) is 0 Å². The molecule has 1 N–H and O–H groups in total. The SMILES string of the molecule is CC(C)CCC(C)NCCn1cnc2ccccc2c1=O. The van der Waals surface area contributed by atoms with Gasteiger partial charge in [-0.3, -0.25) is 9.36 Å². The Morgan fingerprint density at radius 1 is 1.19 bits per heavy atom. The van der Waals surface area contributed by atoms with Crippen LogP contribution < -0.4 is 10.9 Å². The summed E-state index contributed by atoms with van der Waals surface area (Å²) in [5.74, 6) is 0.738. The van der Waals surface area contributed by atoms with Crippen molar-refractivity contribution >= 4 is 10.9 Å². The molecule has 4 nitrogen and oxygen atoms in total. The first-order chi connectivity index (χ1) is 10.1. The molecule has 2 aromatic rings. The van der Waals surface area contributed by atoms with Gasteiger partial charge in [0.15, 0.2) is 0 Å². The first-order valence-electron chi connectivity index (χ1n) is 7.75. The van der Waals surface area contributed by atoms with E-state index in [1.807, 2.05) is 24.3 Å². The Labute approximate surface area is 126 Å². The van der Waals surface area contributed by atoms with Crippen molar-refractivity contribution in [2.45, 2.75) is 46.2 Å². The van der Waals surface area contributed by atoms with Crippen molar-refractivity contribution in [3.05, 3.63) is 40.9 Å². The molecule has 0 spiro atoms. The summed E-state index contributed by atoms with van der Waals surface area (Å²) in [5.41, 5.74) is 0.800. The zero-order valence-corrected chi connectivity index (χ0v) is 13.2. The fraction of sp³-hybridized carbons (Fsp3) is 0.529. The Kier molecular flexibility index (Phi) is 5.51. The van der Waals surface area contributed by atoms with E-state index in [2.05, 4.69) is 31.1 Å². The molecule has 1 aromatic heterocycles. The summed E-state index contributed by atoms with van der Waals surface area (Å²) >= 11 is 0. The summed E-state index contributed by atoms with van der Waals surface area (Å²) in [6, 6.07) is 7.96. The van der Waals surface area contributed by atoms with Crippen LogP contribution in [0.25, 0.3) is 10.9 Å². The average Bonchev–Trinajstić information content (AvgIpc) is 2.48. The van der Waals surface area contributed by atoms with E-state index in [1.165, 1.54) is 12.8 Å². The van der Waals surface area contributed by atoms with Gasteiger partial charge in [-0.15, -0.1) is 0 Å². The molecular formula is C17H25N3O. The highest BCUT2D eigenvalue weighted by Gasteiger charge is 2.05. The van der Waals surface area contributed by atoms with Gasteiger partial charge >= 0.3 is 0 Å². The molecule has 1 unspecified atom stereocenters. The van der Waals surface area contributed by atoms with Crippen molar-refractivity contribution in [2.24, 2.45) is 5.92 Å². The lowest BCUT2D eigenvalue weighted by molar-refractivity contribution is 0.439. The number of hydrogen-bond acceptors (Lipinski definition) is 3. The molecular weight excluding hydrogens is 262 g/mol. The van der Waals surface area contributed by atoms with E-state index in [0.717, 1.165) is 18.0 Å². The predicted molar refractivity (Wildman–Crippen MR) is 87.5 cm³/mol. The highest BCUT2D eigenvalue weighted by molar-refractivity contribution is 5.76. The fourth-order valence-electron chi connectivity index (χ4n) is 2.38. The molecule has 0 amide bonds. The highest BCUT2D eigenvalue weighted by atomic mass is 16.1. The Morgan fingerprint density at radius 2 is 1.95 bits per heavy atom. The van der Waals surface area contributed by atoms with Gasteiger partial charge in [0.2, 0.25) is 0 Å². The van der Waals surface area contributed by atoms with Crippen molar-refractivity contribution in [2.75, 3.05) is 6.54 Å². The molecule has 1 atom stereocenters. The lowest BCUT2D eigenvalue weighted by atomic mass is 10.0. The third-order valence-corrected chi connectivity index (χ3v) is 3.75. The molecule has 1 heterocycles. The van der Waals surface area contributed by atoms with E-state index in [-0.39, 0.29) is 5.56 Å². The molecule has 4 heteroatoms. The second kappa shape index (κ2) is 7.36. The summed E-state index contributed by atoms with van der Waals surface area (Å²) in [4.78, 5) is 16.6. The van der Waals surface area contributed by atoms with Gasteiger partial charge < -0.3 is 5.32 Å². The zero-order chi connectivity index (χ0) is 15.2. The van der Waals surface area contributed by atoms with Gasteiger partial charge in [-0.2, -0.15) is 0 Å². The number of nitrogens with zero attached hydrogens (tertiary/aromatic N) is 2. The molecule has 0 radical (unpaired) electrons. The Morgan fingerprint density at radius 3 is 2.71 bits per heavy atom. The lowest BCUT2D eigenvalue weighted by Crippen LogP contribution is -2.32. The second-order valence-corrected chi connectivity index (χ2v) is 6.09. The standard InChI is InChI=1S/C17H25N3O/c1-13(2)8-9-14(3)18-10-11-20-12-19-16-7-5-4-6-15(16)17(20)21/h4-7,12-14,18H,8-11H2,1-3H3. The summed E-state index contributed by atoms with van der Waals surface area (Å²) < 4.78 is 1.69. The molecule has 0 aliphatic rings. The van der Waals surface area contributed by atoms with E-state index in [4.69, 9.17) is 0 Å². The van der Waals surface area contributed by atoms with Crippen LogP contribution in [-0.2, 0) is 6.54 Å². The van der Waals surface area contributed by atoms with E-state index in [0.29, 0.717) is 18.0 Å².